The van der Waals surface area contributed by atoms with Crippen LogP contribution in [0, 0.1) is 0 Å². The molecule has 1 amide bonds. The van der Waals surface area contributed by atoms with Gasteiger partial charge < -0.3 is 10.6 Å². The highest BCUT2D eigenvalue weighted by Gasteiger charge is 2.24. The first-order valence-electron chi connectivity index (χ1n) is 6.77. The Balaban J connectivity index is 0.00000180. The van der Waals surface area contributed by atoms with E-state index in [-0.39, 0.29) is 30.3 Å². The smallest absolute Gasteiger partial charge is 0.227 e. The van der Waals surface area contributed by atoms with E-state index in [1.807, 2.05) is 37.3 Å². The predicted molar refractivity (Wildman–Crippen MR) is 80.7 cm³/mol. The van der Waals surface area contributed by atoms with Gasteiger partial charge in [-0.15, -0.1) is 12.4 Å². The van der Waals surface area contributed by atoms with Crippen LogP contribution in [0.5, 0.6) is 0 Å². The minimum atomic E-state index is -0.0830. The fourth-order valence-corrected chi connectivity index (χ4v) is 2.44. The molecule has 3 atom stereocenters. The van der Waals surface area contributed by atoms with E-state index in [1.165, 1.54) is 0 Å². The maximum absolute atomic E-state index is 12.2. The van der Waals surface area contributed by atoms with Crippen LogP contribution in [0.3, 0.4) is 0 Å². The first kappa shape index (κ1) is 16.0. The highest BCUT2D eigenvalue weighted by molar-refractivity contribution is 5.85. The van der Waals surface area contributed by atoms with Gasteiger partial charge in [-0.05, 0) is 38.8 Å². The zero-order valence-electron chi connectivity index (χ0n) is 11.6. The van der Waals surface area contributed by atoms with Crippen molar-refractivity contribution in [1.29, 1.82) is 0 Å². The first-order chi connectivity index (χ1) is 8.68. The highest BCUT2D eigenvalue weighted by atomic mass is 35.5. The molecule has 0 spiro atoms. The second-order valence-electron chi connectivity index (χ2n) is 5.13. The molecular formula is C15H23ClN2O. The minimum absolute atomic E-state index is 0. The Bertz CT molecular complexity index is 396. The number of halogens is 1. The van der Waals surface area contributed by atoms with Gasteiger partial charge in [0.05, 0.1) is 5.92 Å². The largest absolute Gasteiger partial charge is 0.351 e. The summed E-state index contributed by atoms with van der Waals surface area (Å²) >= 11 is 0. The fourth-order valence-electron chi connectivity index (χ4n) is 2.44. The molecule has 0 aromatic heterocycles. The Morgan fingerprint density at radius 1 is 1.37 bits per heavy atom. The van der Waals surface area contributed by atoms with Gasteiger partial charge in [-0.2, -0.15) is 0 Å². The number of amides is 1. The molecule has 1 saturated heterocycles. The second kappa shape index (κ2) is 7.51. The Morgan fingerprint density at radius 3 is 2.68 bits per heavy atom. The van der Waals surface area contributed by atoms with E-state index in [9.17, 15) is 4.79 Å². The predicted octanol–water partition coefficient (Wildman–Crippen LogP) is 2.47. The number of carbonyl (C=O) groups excluding carboxylic acids is 1. The SMILES string of the molecule is CC(C(=O)NC1CCCNC1C)c1ccccc1.Cl. The summed E-state index contributed by atoms with van der Waals surface area (Å²) in [6.45, 7) is 5.16. The third-order valence-electron chi connectivity index (χ3n) is 3.78. The molecule has 4 heteroatoms. The van der Waals surface area contributed by atoms with Gasteiger partial charge in [0.2, 0.25) is 5.91 Å². The van der Waals surface area contributed by atoms with Crippen molar-refractivity contribution in [2.45, 2.75) is 44.7 Å². The molecule has 106 valence electrons. The summed E-state index contributed by atoms with van der Waals surface area (Å²) in [6.07, 6.45) is 2.20. The monoisotopic (exact) mass is 282 g/mol. The molecule has 1 aliphatic heterocycles. The molecule has 3 unspecified atom stereocenters. The number of piperidine rings is 1. The van der Waals surface area contributed by atoms with E-state index in [2.05, 4.69) is 17.6 Å². The molecule has 0 bridgehead atoms. The van der Waals surface area contributed by atoms with Crippen molar-refractivity contribution in [3.05, 3.63) is 35.9 Å². The molecule has 2 rings (SSSR count). The van der Waals surface area contributed by atoms with Crippen molar-refractivity contribution in [3.8, 4) is 0 Å². The summed E-state index contributed by atoms with van der Waals surface area (Å²) < 4.78 is 0. The van der Waals surface area contributed by atoms with Crippen molar-refractivity contribution in [3.63, 3.8) is 0 Å². The average Bonchev–Trinajstić information content (AvgIpc) is 2.41. The topological polar surface area (TPSA) is 41.1 Å². The van der Waals surface area contributed by atoms with Gasteiger partial charge in [-0.1, -0.05) is 30.3 Å². The van der Waals surface area contributed by atoms with Crippen LogP contribution < -0.4 is 10.6 Å². The molecule has 1 aliphatic rings. The summed E-state index contributed by atoms with van der Waals surface area (Å²) in [5, 5.41) is 6.57. The fraction of sp³-hybridized carbons (Fsp3) is 0.533. The van der Waals surface area contributed by atoms with Crippen LogP contribution in [0.15, 0.2) is 30.3 Å². The minimum Gasteiger partial charge on any atom is -0.351 e. The van der Waals surface area contributed by atoms with Gasteiger partial charge in [0.1, 0.15) is 0 Å². The lowest BCUT2D eigenvalue weighted by molar-refractivity contribution is -0.123. The van der Waals surface area contributed by atoms with E-state index in [0.717, 1.165) is 24.9 Å². The van der Waals surface area contributed by atoms with Crippen molar-refractivity contribution in [2.24, 2.45) is 0 Å². The molecule has 3 nitrogen and oxygen atoms in total. The summed E-state index contributed by atoms with van der Waals surface area (Å²) in [4.78, 5) is 12.2. The molecule has 1 aromatic carbocycles. The Morgan fingerprint density at radius 2 is 2.05 bits per heavy atom. The number of nitrogens with one attached hydrogen (secondary N) is 2. The van der Waals surface area contributed by atoms with Gasteiger partial charge in [0.15, 0.2) is 0 Å². The maximum atomic E-state index is 12.2. The van der Waals surface area contributed by atoms with Crippen LogP contribution in [0.1, 0.15) is 38.2 Å². The van der Waals surface area contributed by atoms with Crippen LogP contribution in [-0.2, 0) is 4.79 Å². The van der Waals surface area contributed by atoms with Gasteiger partial charge >= 0.3 is 0 Å². The zero-order chi connectivity index (χ0) is 13.0. The lowest BCUT2D eigenvalue weighted by Gasteiger charge is -2.31. The Labute approximate surface area is 121 Å². The van der Waals surface area contributed by atoms with Crippen molar-refractivity contribution in [2.75, 3.05) is 6.54 Å². The molecular weight excluding hydrogens is 260 g/mol. The normalized spacial score (nSPS) is 24.1. The lowest BCUT2D eigenvalue weighted by Crippen LogP contribution is -2.52. The highest BCUT2D eigenvalue weighted by Crippen LogP contribution is 2.16. The van der Waals surface area contributed by atoms with Crippen molar-refractivity contribution < 1.29 is 4.79 Å². The maximum Gasteiger partial charge on any atom is 0.227 e. The van der Waals surface area contributed by atoms with E-state index >= 15 is 0 Å². The van der Waals surface area contributed by atoms with E-state index in [1.54, 1.807) is 0 Å². The third-order valence-corrected chi connectivity index (χ3v) is 3.78. The molecule has 1 fully saturated rings. The van der Waals surface area contributed by atoms with Crippen molar-refractivity contribution in [1.82, 2.24) is 10.6 Å². The van der Waals surface area contributed by atoms with Crippen LogP contribution in [0.4, 0.5) is 0 Å². The van der Waals surface area contributed by atoms with Gasteiger partial charge in [0, 0.05) is 12.1 Å². The number of rotatable bonds is 3. The molecule has 19 heavy (non-hydrogen) atoms. The van der Waals surface area contributed by atoms with Gasteiger partial charge in [0.25, 0.3) is 0 Å². The molecule has 1 aromatic rings. The molecule has 1 heterocycles. The van der Waals surface area contributed by atoms with Crippen LogP contribution in [0.2, 0.25) is 0 Å². The second-order valence-corrected chi connectivity index (χ2v) is 5.13. The summed E-state index contributed by atoms with van der Waals surface area (Å²) in [5.74, 6) is 0.0436. The van der Waals surface area contributed by atoms with E-state index in [0.29, 0.717) is 6.04 Å². The molecule has 0 saturated carbocycles. The quantitative estimate of drug-likeness (QED) is 0.894. The van der Waals surface area contributed by atoms with Gasteiger partial charge in [-0.3, -0.25) is 4.79 Å². The summed E-state index contributed by atoms with van der Waals surface area (Å²) in [5.41, 5.74) is 1.08. The molecule has 2 N–H and O–H groups in total. The Kier molecular flexibility index (Phi) is 6.32. The molecule has 0 radical (unpaired) electrons. The number of hydrogen-bond donors (Lipinski definition) is 2. The standard InChI is InChI=1S/C15H22N2O.ClH/c1-11(13-7-4-3-5-8-13)15(18)17-14-9-6-10-16-12(14)2;/h3-5,7-8,11-12,14,16H,6,9-10H2,1-2H3,(H,17,18);1H. The van der Waals surface area contributed by atoms with Crippen LogP contribution >= 0.6 is 12.4 Å². The number of hydrogen-bond acceptors (Lipinski definition) is 2. The third kappa shape index (κ3) is 4.22. The van der Waals surface area contributed by atoms with E-state index < -0.39 is 0 Å². The van der Waals surface area contributed by atoms with Gasteiger partial charge in [-0.25, -0.2) is 0 Å². The summed E-state index contributed by atoms with van der Waals surface area (Å²) in [7, 11) is 0. The molecule has 0 aliphatic carbocycles. The first-order valence-corrected chi connectivity index (χ1v) is 6.77. The van der Waals surface area contributed by atoms with Crippen molar-refractivity contribution >= 4 is 18.3 Å². The Hall–Kier alpha value is -1.06. The average molecular weight is 283 g/mol. The summed E-state index contributed by atoms with van der Waals surface area (Å²) in [6, 6.07) is 10.6. The number of carbonyl (C=O) groups is 1. The van der Waals surface area contributed by atoms with Crippen LogP contribution in [0.25, 0.3) is 0 Å². The zero-order valence-corrected chi connectivity index (χ0v) is 12.4. The van der Waals surface area contributed by atoms with Crippen LogP contribution in [-0.4, -0.2) is 24.5 Å². The lowest BCUT2D eigenvalue weighted by atomic mass is 9.96. The number of benzene rings is 1. The van der Waals surface area contributed by atoms with E-state index in [4.69, 9.17) is 0 Å².